The molecule has 0 atom stereocenters. The number of carboxylic acid groups (broad SMARTS) is 1. The van der Waals surface area contributed by atoms with Gasteiger partial charge in [0.05, 0.1) is 17.4 Å². The zero-order chi connectivity index (χ0) is 15.6. The number of hydrogen-bond acceptors (Lipinski definition) is 4. The Labute approximate surface area is 119 Å². The fourth-order valence-electron chi connectivity index (χ4n) is 1.59. The van der Waals surface area contributed by atoms with Gasteiger partial charge in [-0.2, -0.15) is 8.42 Å². The van der Waals surface area contributed by atoms with Crippen molar-refractivity contribution in [2.24, 2.45) is 0 Å². The lowest BCUT2D eigenvalue weighted by Crippen LogP contribution is -2.15. The Hall–Kier alpha value is -2.42. The maximum atomic E-state index is 13.7. The minimum absolute atomic E-state index is 0.193. The Bertz CT molecular complexity index is 786. The smallest absolute Gasteiger partial charge is 0.335 e. The van der Waals surface area contributed by atoms with Crippen LogP contribution >= 0.6 is 0 Å². The number of aromatic nitrogens is 2. The van der Waals surface area contributed by atoms with E-state index in [-0.39, 0.29) is 16.3 Å². The molecule has 112 valence electrons. The summed E-state index contributed by atoms with van der Waals surface area (Å²) >= 11 is 0. The molecule has 0 fully saturated rings. The predicted octanol–water partition coefficient (Wildman–Crippen LogP) is 1.61. The molecule has 2 aromatic rings. The monoisotopic (exact) mass is 313 g/mol. The van der Waals surface area contributed by atoms with E-state index in [1.807, 2.05) is 4.72 Å². The number of benzene rings is 1. The summed E-state index contributed by atoms with van der Waals surface area (Å²) in [7, 11) is -4.01. The van der Waals surface area contributed by atoms with E-state index in [0.29, 0.717) is 12.2 Å². The second-order valence-electron chi connectivity index (χ2n) is 4.15. The Morgan fingerprint density at radius 1 is 1.48 bits per heavy atom. The normalized spacial score (nSPS) is 11.3. The first-order valence-electron chi connectivity index (χ1n) is 5.93. The largest absolute Gasteiger partial charge is 0.478 e. The number of anilines is 1. The summed E-state index contributed by atoms with van der Waals surface area (Å²) in [6.07, 6.45) is 1.65. The molecule has 1 heterocycles. The standard InChI is InChI=1S/C12H12FN3O4S/c1-2-10-14-6-11(15-10)21(19,20)16-9-4-3-7(12(17)18)5-8(9)13/h3-6,16H,2H2,1H3,(H,14,15)(H,17,18). The lowest BCUT2D eigenvalue weighted by Gasteiger charge is -2.07. The summed E-state index contributed by atoms with van der Waals surface area (Å²) in [6, 6.07) is 2.89. The molecule has 0 amide bonds. The van der Waals surface area contributed by atoms with Gasteiger partial charge >= 0.3 is 5.97 Å². The first kappa shape index (κ1) is 15.0. The van der Waals surface area contributed by atoms with Crippen molar-refractivity contribution in [1.29, 1.82) is 0 Å². The quantitative estimate of drug-likeness (QED) is 0.776. The van der Waals surface area contributed by atoms with Crippen molar-refractivity contribution in [3.8, 4) is 0 Å². The number of hydrogen-bond donors (Lipinski definition) is 3. The zero-order valence-corrected chi connectivity index (χ0v) is 11.7. The summed E-state index contributed by atoms with van der Waals surface area (Å²) in [5.41, 5.74) is -0.613. The van der Waals surface area contributed by atoms with Crippen LogP contribution in [0.5, 0.6) is 0 Å². The molecule has 0 saturated carbocycles. The SMILES string of the molecule is CCc1ncc(S(=O)(=O)Nc2ccc(C(=O)O)cc2F)[nH]1. The molecule has 21 heavy (non-hydrogen) atoms. The first-order chi connectivity index (χ1) is 9.83. The van der Waals surface area contributed by atoms with Gasteiger partial charge in [-0.25, -0.2) is 14.2 Å². The molecule has 0 aliphatic heterocycles. The number of rotatable bonds is 5. The van der Waals surface area contributed by atoms with Crippen LogP contribution in [0, 0.1) is 5.82 Å². The maximum Gasteiger partial charge on any atom is 0.335 e. The summed E-state index contributed by atoms with van der Waals surface area (Å²) in [5, 5.41) is 8.53. The predicted molar refractivity (Wildman–Crippen MR) is 72.1 cm³/mol. The number of nitrogens with one attached hydrogen (secondary N) is 2. The van der Waals surface area contributed by atoms with E-state index in [1.165, 1.54) is 0 Å². The van der Waals surface area contributed by atoms with E-state index in [9.17, 15) is 17.6 Å². The van der Waals surface area contributed by atoms with Crippen molar-refractivity contribution >= 4 is 21.7 Å². The Morgan fingerprint density at radius 3 is 2.71 bits per heavy atom. The third-order valence-corrected chi connectivity index (χ3v) is 3.97. The van der Waals surface area contributed by atoms with Gasteiger partial charge in [-0.1, -0.05) is 6.92 Å². The second kappa shape index (κ2) is 5.52. The van der Waals surface area contributed by atoms with Gasteiger partial charge in [0.25, 0.3) is 10.0 Å². The van der Waals surface area contributed by atoms with Crippen LogP contribution in [-0.2, 0) is 16.4 Å². The van der Waals surface area contributed by atoms with Gasteiger partial charge in [-0.05, 0) is 18.2 Å². The molecule has 0 radical (unpaired) electrons. The molecule has 0 saturated heterocycles. The molecule has 3 N–H and O–H groups in total. The molecule has 9 heteroatoms. The van der Waals surface area contributed by atoms with Crippen molar-refractivity contribution in [2.75, 3.05) is 4.72 Å². The summed E-state index contributed by atoms with van der Waals surface area (Å²) in [5.74, 6) is -1.80. The third-order valence-electron chi connectivity index (χ3n) is 2.69. The second-order valence-corrected chi connectivity index (χ2v) is 5.80. The van der Waals surface area contributed by atoms with Gasteiger partial charge in [-0.3, -0.25) is 4.72 Å². The van der Waals surface area contributed by atoms with E-state index in [0.717, 1.165) is 24.4 Å². The van der Waals surface area contributed by atoms with Crippen LogP contribution in [0.1, 0.15) is 23.1 Å². The number of aromatic amines is 1. The highest BCUT2D eigenvalue weighted by atomic mass is 32.2. The van der Waals surface area contributed by atoms with Gasteiger partial charge in [0.2, 0.25) is 0 Å². The van der Waals surface area contributed by atoms with Crippen LogP contribution in [0.4, 0.5) is 10.1 Å². The molecule has 1 aromatic heterocycles. The van der Waals surface area contributed by atoms with Crippen molar-refractivity contribution in [3.05, 3.63) is 41.6 Å². The number of aromatic carboxylic acids is 1. The molecule has 0 unspecified atom stereocenters. The van der Waals surface area contributed by atoms with Gasteiger partial charge in [0.1, 0.15) is 11.6 Å². The molecule has 1 aromatic carbocycles. The van der Waals surface area contributed by atoms with Gasteiger partial charge in [-0.15, -0.1) is 0 Å². The summed E-state index contributed by atoms with van der Waals surface area (Å²) in [4.78, 5) is 17.1. The molecular formula is C12H12FN3O4S. The van der Waals surface area contributed by atoms with Crippen LogP contribution in [0.25, 0.3) is 0 Å². The van der Waals surface area contributed by atoms with Crippen molar-refractivity contribution in [1.82, 2.24) is 9.97 Å². The number of carboxylic acids is 1. The molecule has 0 spiro atoms. The van der Waals surface area contributed by atoms with Gasteiger partial charge in [0, 0.05) is 6.42 Å². The van der Waals surface area contributed by atoms with E-state index in [1.54, 1.807) is 6.92 Å². The van der Waals surface area contributed by atoms with E-state index in [4.69, 9.17) is 5.11 Å². The Morgan fingerprint density at radius 2 is 2.19 bits per heavy atom. The van der Waals surface area contributed by atoms with Gasteiger partial charge < -0.3 is 10.1 Å². The lowest BCUT2D eigenvalue weighted by molar-refractivity contribution is 0.0696. The van der Waals surface area contributed by atoms with Crippen molar-refractivity contribution in [3.63, 3.8) is 0 Å². The third kappa shape index (κ3) is 3.19. The molecule has 0 aliphatic rings. The van der Waals surface area contributed by atoms with Crippen LogP contribution in [0.3, 0.4) is 0 Å². The molecule has 0 bridgehead atoms. The van der Waals surface area contributed by atoms with Crippen LogP contribution < -0.4 is 4.72 Å². The highest BCUT2D eigenvalue weighted by Gasteiger charge is 2.19. The minimum Gasteiger partial charge on any atom is -0.478 e. The molecular weight excluding hydrogens is 301 g/mol. The number of nitrogens with zero attached hydrogens (tertiary/aromatic N) is 1. The Balaban J connectivity index is 2.30. The van der Waals surface area contributed by atoms with Crippen LogP contribution in [0.15, 0.2) is 29.4 Å². The van der Waals surface area contributed by atoms with Crippen LogP contribution in [0.2, 0.25) is 0 Å². The number of sulfonamides is 1. The molecule has 7 nitrogen and oxygen atoms in total. The number of aryl methyl sites for hydroxylation is 1. The Kier molecular flexibility index (Phi) is 3.94. The topological polar surface area (TPSA) is 112 Å². The van der Waals surface area contributed by atoms with Gasteiger partial charge in [0.15, 0.2) is 5.03 Å². The average Bonchev–Trinajstić information content (AvgIpc) is 2.90. The molecule has 0 aliphatic carbocycles. The van der Waals surface area contributed by atoms with E-state index >= 15 is 0 Å². The number of halogens is 1. The van der Waals surface area contributed by atoms with Crippen LogP contribution in [-0.4, -0.2) is 29.5 Å². The highest BCUT2D eigenvalue weighted by Crippen LogP contribution is 2.19. The fourth-order valence-corrected chi connectivity index (χ4v) is 2.60. The summed E-state index contributed by atoms with van der Waals surface area (Å²) < 4.78 is 39.8. The minimum atomic E-state index is -4.01. The average molecular weight is 313 g/mol. The number of H-pyrrole nitrogens is 1. The maximum absolute atomic E-state index is 13.7. The number of imidazole rings is 1. The lowest BCUT2D eigenvalue weighted by atomic mass is 10.2. The molecule has 2 rings (SSSR count). The van der Waals surface area contributed by atoms with Crippen molar-refractivity contribution < 1.29 is 22.7 Å². The fraction of sp³-hybridized carbons (Fsp3) is 0.167. The van der Waals surface area contributed by atoms with E-state index < -0.39 is 21.8 Å². The van der Waals surface area contributed by atoms with E-state index in [2.05, 4.69) is 9.97 Å². The summed E-state index contributed by atoms with van der Waals surface area (Å²) in [6.45, 7) is 1.80. The number of carbonyl (C=O) groups is 1. The highest BCUT2D eigenvalue weighted by molar-refractivity contribution is 7.92. The van der Waals surface area contributed by atoms with Crippen molar-refractivity contribution in [2.45, 2.75) is 18.4 Å². The first-order valence-corrected chi connectivity index (χ1v) is 7.41. The zero-order valence-electron chi connectivity index (χ0n) is 10.9.